The molecule has 1 aliphatic rings. The molecule has 1 aliphatic heterocycles. The van der Waals surface area contributed by atoms with E-state index in [-0.39, 0.29) is 18.2 Å². The highest BCUT2D eigenvalue weighted by molar-refractivity contribution is 7.15. The Hall–Kier alpha value is -4.11. The van der Waals surface area contributed by atoms with Crippen LogP contribution in [0.5, 0.6) is 5.75 Å². The third-order valence-electron chi connectivity index (χ3n) is 6.90. The molecule has 0 N–H and O–H groups in total. The molecule has 1 atom stereocenters. The molecule has 2 aromatic carbocycles. The maximum absolute atomic E-state index is 12.3. The van der Waals surface area contributed by atoms with Gasteiger partial charge in [0.1, 0.15) is 22.6 Å². The van der Waals surface area contributed by atoms with Crippen LogP contribution in [-0.2, 0) is 9.53 Å². The lowest BCUT2D eigenvalue weighted by Crippen LogP contribution is -2.12. The number of thiophene rings is 1. The van der Waals surface area contributed by atoms with Crippen molar-refractivity contribution in [3.05, 3.63) is 81.2 Å². The number of aliphatic imine (C=N–C) groups is 1. The predicted octanol–water partition coefficient (Wildman–Crippen LogP) is 5.59. The van der Waals surface area contributed by atoms with Crippen molar-refractivity contribution in [1.29, 1.82) is 0 Å². The quantitative estimate of drug-likeness (QED) is 0.239. The number of aromatic nitrogens is 3. The zero-order chi connectivity index (χ0) is 27.1. The summed E-state index contributed by atoms with van der Waals surface area (Å²) in [6.45, 7) is 7.63. The standard InChI is InChI=1S/C29H28N4O4S/c1-15-17(3)38-29-26(15)27(30-23(14-25(35)37-6)28-32-31-18(4)33(28)29)20-9-7-19(8-10-20)21-11-12-24(36-5)22(13-21)16(2)34/h7-13,23H,14H2,1-6H3/t23-/m0/s1. The number of hydrogen-bond donors (Lipinski definition) is 0. The molecule has 0 spiro atoms. The molecule has 0 unspecified atom stereocenters. The molecule has 194 valence electrons. The zero-order valence-corrected chi connectivity index (χ0v) is 23.0. The molecule has 0 aliphatic carbocycles. The molecule has 0 saturated heterocycles. The summed E-state index contributed by atoms with van der Waals surface area (Å²) in [5.74, 6) is 1.50. The fourth-order valence-electron chi connectivity index (χ4n) is 4.75. The number of carbonyl (C=O) groups excluding carboxylic acids is 2. The lowest BCUT2D eigenvalue weighted by Gasteiger charge is -2.13. The van der Waals surface area contributed by atoms with Gasteiger partial charge in [0.25, 0.3) is 0 Å². The average molecular weight is 529 g/mol. The number of ketones is 1. The van der Waals surface area contributed by atoms with Crippen LogP contribution in [-0.4, -0.2) is 46.4 Å². The molecule has 0 saturated carbocycles. The minimum Gasteiger partial charge on any atom is -0.496 e. The number of ether oxygens (including phenoxy) is 2. The number of carbonyl (C=O) groups is 2. The van der Waals surface area contributed by atoms with Crippen molar-refractivity contribution in [2.45, 2.75) is 40.2 Å². The van der Waals surface area contributed by atoms with Crippen LogP contribution < -0.4 is 4.74 Å². The highest BCUT2D eigenvalue weighted by atomic mass is 32.1. The van der Waals surface area contributed by atoms with Crippen LogP contribution in [0.25, 0.3) is 16.1 Å². The van der Waals surface area contributed by atoms with E-state index in [0.29, 0.717) is 17.1 Å². The summed E-state index contributed by atoms with van der Waals surface area (Å²) in [5, 5.41) is 9.70. The van der Waals surface area contributed by atoms with Crippen LogP contribution in [0.1, 0.15) is 63.0 Å². The Morgan fingerprint density at radius 3 is 2.32 bits per heavy atom. The van der Waals surface area contributed by atoms with Gasteiger partial charge in [-0.25, -0.2) is 0 Å². The molecule has 2 aromatic heterocycles. The molecule has 0 amide bonds. The predicted molar refractivity (Wildman–Crippen MR) is 147 cm³/mol. The van der Waals surface area contributed by atoms with E-state index in [1.807, 2.05) is 54.0 Å². The Balaban J connectivity index is 1.64. The molecule has 9 heteroatoms. The van der Waals surface area contributed by atoms with E-state index in [1.165, 1.54) is 18.9 Å². The second-order valence-corrected chi connectivity index (χ2v) is 10.4. The highest BCUT2D eigenvalue weighted by Crippen LogP contribution is 2.40. The van der Waals surface area contributed by atoms with Crippen LogP contribution in [0.2, 0.25) is 0 Å². The van der Waals surface area contributed by atoms with Crippen LogP contribution in [0, 0.1) is 20.8 Å². The highest BCUT2D eigenvalue weighted by Gasteiger charge is 2.32. The number of benzene rings is 2. The SMILES string of the molecule is COC(=O)C[C@@H]1N=C(c2ccc(-c3ccc(OC)c(C(C)=O)c3)cc2)c2c(sc(C)c2C)-n2c(C)nnc21. The van der Waals surface area contributed by atoms with Crippen LogP contribution in [0.3, 0.4) is 0 Å². The molecule has 5 rings (SSSR count). The number of Topliss-reactive ketones (excluding diaryl/α,β-unsaturated/α-hetero) is 1. The van der Waals surface area contributed by atoms with Crippen molar-refractivity contribution in [3.8, 4) is 21.9 Å². The van der Waals surface area contributed by atoms with Gasteiger partial charge in [-0.2, -0.15) is 0 Å². The number of rotatable bonds is 6. The molecule has 8 nitrogen and oxygen atoms in total. The average Bonchev–Trinajstić information content (AvgIpc) is 3.40. The zero-order valence-electron chi connectivity index (χ0n) is 22.2. The third-order valence-corrected chi connectivity index (χ3v) is 8.09. The lowest BCUT2D eigenvalue weighted by atomic mass is 9.96. The van der Waals surface area contributed by atoms with E-state index in [2.05, 4.69) is 24.0 Å². The number of fused-ring (bicyclic) bond motifs is 3. The Kier molecular flexibility index (Phi) is 6.71. The molecule has 4 aromatic rings. The monoisotopic (exact) mass is 528 g/mol. The first-order valence-corrected chi connectivity index (χ1v) is 13.0. The number of aryl methyl sites for hydroxylation is 2. The van der Waals surface area contributed by atoms with Gasteiger partial charge in [-0.3, -0.25) is 19.1 Å². The van der Waals surface area contributed by atoms with Crippen molar-refractivity contribution in [2.24, 2.45) is 4.99 Å². The molecule has 3 heterocycles. The largest absolute Gasteiger partial charge is 0.496 e. The number of nitrogens with zero attached hydrogens (tertiary/aromatic N) is 4. The number of hydrogen-bond acceptors (Lipinski definition) is 8. The van der Waals surface area contributed by atoms with E-state index in [9.17, 15) is 9.59 Å². The van der Waals surface area contributed by atoms with Crippen LogP contribution in [0.15, 0.2) is 47.5 Å². The minimum absolute atomic E-state index is 0.0529. The van der Waals surface area contributed by atoms with E-state index >= 15 is 0 Å². The van der Waals surface area contributed by atoms with Crippen LogP contribution in [0.4, 0.5) is 0 Å². The summed E-state index contributed by atoms with van der Waals surface area (Å²) < 4.78 is 12.3. The first kappa shape index (κ1) is 25.5. The van der Waals surface area contributed by atoms with E-state index < -0.39 is 6.04 Å². The maximum Gasteiger partial charge on any atom is 0.308 e. The number of methoxy groups -OCH3 is 2. The smallest absolute Gasteiger partial charge is 0.308 e. The van der Waals surface area contributed by atoms with Gasteiger partial charge in [0.2, 0.25) is 0 Å². The Labute approximate surface area is 225 Å². The van der Waals surface area contributed by atoms with E-state index in [1.54, 1.807) is 18.4 Å². The van der Waals surface area contributed by atoms with Gasteiger partial charge in [-0.15, -0.1) is 21.5 Å². The normalized spacial score (nSPS) is 14.3. The summed E-state index contributed by atoms with van der Waals surface area (Å²) in [6, 6.07) is 13.1. The van der Waals surface area contributed by atoms with E-state index in [4.69, 9.17) is 14.5 Å². The lowest BCUT2D eigenvalue weighted by molar-refractivity contribution is -0.141. The fourth-order valence-corrected chi connectivity index (χ4v) is 5.96. The maximum atomic E-state index is 12.3. The molecule has 0 fully saturated rings. The topological polar surface area (TPSA) is 95.7 Å². The molecule has 0 bridgehead atoms. The van der Waals surface area contributed by atoms with Crippen LogP contribution >= 0.6 is 11.3 Å². The van der Waals surface area contributed by atoms with Gasteiger partial charge < -0.3 is 9.47 Å². The summed E-state index contributed by atoms with van der Waals surface area (Å²) in [4.78, 5) is 30.7. The van der Waals surface area contributed by atoms with Gasteiger partial charge in [-0.1, -0.05) is 30.3 Å². The Morgan fingerprint density at radius 1 is 0.974 bits per heavy atom. The van der Waals surface area contributed by atoms with Gasteiger partial charge in [0.15, 0.2) is 11.6 Å². The van der Waals surface area contributed by atoms with Gasteiger partial charge in [0.05, 0.1) is 31.9 Å². The van der Waals surface area contributed by atoms with Gasteiger partial charge in [-0.05, 0) is 56.5 Å². The third kappa shape index (κ3) is 4.32. The Morgan fingerprint density at radius 2 is 1.66 bits per heavy atom. The number of esters is 1. The molecule has 0 radical (unpaired) electrons. The van der Waals surface area contributed by atoms with Crippen molar-refractivity contribution >= 4 is 28.8 Å². The second-order valence-electron chi connectivity index (χ2n) is 9.23. The minimum atomic E-state index is -0.544. The fraction of sp³-hybridized carbons (Fsp3) is 0.276. The summed E-state index contributed by atoms with van der Waals surface area (Å²) in [7, 11) is 2.93. The summed E-state index contributed by atoms with van der Waals surface area (Å²) in [5.41, 5.74) is 6.28. The Bertz CT molecular complexity index is 1600. The molecule has 38 heavy (non-hydrogen) atoms. The van der Waals surface area contributed by atoms with Gasteiger partial charge >= 0.3 is 5.97 Å². The van der Waals surface area contributed by atoms with Crippen molar-refractivity contribution < 1.29 is 19.1 Å². The van der Waals surface area contributed by atoms with E-state index in [0.717, 1.165) is 44.4 Å². The van der Waals surface area contributed by atoms with Crippen molar-refractivity contribution in [2.75, 3.05) is 14.2 Å². The summed E-state index contributed by atoms with van der Waals surface area (Å²) >= 11 is 1.67. The molecular weight excluding hydrogens is 500 g/mol. The summed E-state index contributed by atoms with van der Waals surface area (Å²) in [6.07, 6.45) is 0.0584. The molecular formula is C29H28N4O4S. The van der Waals surface area contributed by atoms with Crippen molar-refractivity contribution in [3.63, 3.8) is 0 Å². The van der Waals surface area contributed by atoms with Gasteiger partial charge in [0, 0.05) is 16.0 Å². The first-order valence-electron chi connectivity index (χ1n) is 12.2. The first-order chi connectivity index (χ1) is 18.2. The second kappa shape index (κ2) is 9.98. The van der Waals surface area contributed by atoms with Crippen molar-refractivity contribution in [1.82, 2.24) is 14.8 Å².